The van der Waals surface area contributed by atoms with Crippen molar-refractivity contribution in [3.63, 3.8) is 0 Å². The zero-order chi connectivity index (χ0) is 14.0. The molecular formula is C14H17FN2O2. The third kappa shape index (κ3) is 3.17. The van der Waals surface area contributed by atoms with Gasteiger partial charge in [-0.3, -0.25) is 20.2 Å². The molecule has 2 unspecified atom stereocenters. The van der Waals surface area contributed by atoms with Gasteiger partial charge in [0.1, 0.15) is 5.82 Å². The molecule has 19 heavy (non-hydrogen) atoms. The van der Waals surface area contributed by atoms with Crippen LogP contribution >= 0.6 is 0 Å². The van der Waals surface area contributed by atoms with E-state index >= 15 is 0 Å². The number of amides is 2. The van der Waals surface area contributed by atoms with E-state index in [2.05, 4.69) is 10.6 Å². The van der Waals surface area contributed by atoms with E-state index in [-0.39, 0.29) is 23.7 Å². The summed E-state index contributed by atoms with van der Waals surface area (Å²) in [6.07, 6.45) is 0.807. The lowest BCUT2D eigenvalue weighted by Crippen LogP contribution is -2.51. The first-order valence-electron chi connectivity index (χ1n) is 6.33. The van der Waals surface area contributed by atoms with Crippen LogP contribution in [0, 0.1) is 12.7 Å². The predicted molar refractivity (Wildman–Crippen MR) is 68.9 cm³/mol. The number of hydrogen-bond acceptors (Lipinski definition) is 3. The summed E-state index contributed by atoms with van der Waals surface area (Å²) in [7, 11) is 0. The maximum absolute atomic E-state index is 13.5. The van der Waals surface area contributed by atoms with Gasteiger partial charge in [-0.1, -0.05) is 12.1 Å². The van der Waals surface area contributed by atoms with Crippen LogP contribution in [-0.4, -0.2) is 17.9 Å². The Hall–Kier alpha value is -1.75. The number of benzene rings is 1. The molecule has 0 bridgehead atoms. The van der Waals surface area contributed by atoms with Crippen LogP contribution in [0.25, 0.3) is 0 Å². The highest BCUT2D eigenvalue weighted by molar-refractivity contribution is 6.00. The van der Waals surface area contributed by atoms with E-state index in [9.17, 15) is 14.0 Å². The second-order valence-corrected chi connectivity index (χ2v) is 4.90. The summed E-state index contributed by atoms with van der Waals surface area (Å²) in [5.41, 5.74) is 1.38. The van der Waals surface area contributed by atoms with Gasteiger partial charge in [-0.2, -0.15) is 0 Å². The molecule has 0 spiro atoms. The molecule has 0 aromatic heterocycles. The van der Waals surface area contributed by atoms with Gasteiger partial charge in [0, 0.05) is 12.5 Å². The number of carbonyl (C=O) groups excluding carboxylic acids is 2. The molecule has 0 saturated carbocycles. The number of rotatable bonds is 3. The first kappa shape index (κ1) is 13.7. The first-order valence-corrected chi connectivity index (χ1v) is 6.33. The molecule has 1 fully saturated rings. The summed E-state index contributed by atoms with van der Waals surface area (Å²) in [5.74, 6) is -0.804. The monoisotopic (exact) mass is 264 g/mol. The van der Waals surface area contributed by atoms with Gasteiger partial charge < -0.3 is 0 Å². The van der Waals surface area contributed by atoms with Crippen molar-refractivity contribution in [1.82, 2.24) is 10.6 Å². The Morgan fingerprint density at radius 2 is 2.16 bits per heavy atom. The lowest BCUT2D eigenvalue weighted by Gasteiger charge is -2.25. The molecule has 2 atom stereocenters. The summed E-state index contributed by atoms with van der Waals surface area (Å²) in [5, 5.41) is 5.41. The molecule has 1 aromatic rings. The number of hydrogen-bond donors (Lipinski definition) is 2. The number of nitrogens with one attached hydrogen (secondary N) is 2. The SMILES string of the molecule is Cc1ccc(C(C)NC2CCC(=O)NC2=O)cc1F. The Balaban J connectivity index is 2.04. The van der Waals surface area contributed by atoms with E-state index in [0.29, 0.717) is 18.4 Å². The third-order valence-corrected chi connectivity index (χ3v) is 3.39. The molecule has 1 heterocycles. The lowest BCUT2D eigenvalue weighted by molar-refractivity contribution is -0.134. The van der Waals surface area contributed by atoms with Crippen LogP contribution in [0.3, 0.4) is 0 Å². The van der Waals surface area contributed by atoms with Crippen molar-refractivity contribution in [3.8, 4) is 0 Å². The molecule has 2 rings (SSSR count). The molecule has 0 radical (unpaired) electrons. The number of piperidine rings is 1. The van der Waals surface area contributed by atoms with Crippen molar-refractivity contribution >= 4 is 11.8 Å². The van der Waals surface area contributed by atoms with E-state index in [1.54, 1.807) is 13.0 Å². The van der Waals surface area contributed by atoms with Crippen molar-refractivity contribution in [2.45, 2.75) is 38.8 Å². The topological polar surface area (TPSA) is 58.2 Å². The molecule has 0 aliphatic carbocycles. The lowest BCUT2D eigenvalue weighted by atomic mass is 10.0. The summed E-state index contributed by atoms with van der Waals surface area (Å²) in [6.45, 7) is 3.57. The van der Waals surface area contributed by atoms with Crippen LogP contribution in [0.2, 0.25) is 0 Å². The minimum absolute atomic E-state index is 0.154. The Bertz CT molecular complexity index is 516. The van der Waals surface area contributed by atoms with E-state index in [1.807, 2.05) is 13.0 Å². The maximum Gasteiger partial charge on any atom is 0.243 e. The molecule has 1 aliphatic heterocycles. The molecule has 1 aliphatic rings. The quantitative estimate of drug-likeness (QED) is 0.815. The smallest absolute Gasteiger partial charge is 0.243 e. The van der Waals surface area contributed by atoms with Crippen molar-refractivity contribution in [2.24, 2.45) is 0 Å². The van der Waals surface area contributed by atoms with Crippen LogP contribution < -0.4 is 10.6 Å². The van der Waals surface area contributed by atoms with Crippen molar-refractivity contribution in [2.75, 3.05) is 0 Å². The normalized spacial score (nSPS) is 21.1. The van der Waals surface area contributed by atoms with Crippen LogP contribution in [-0.2, 0) is 9.59 Å². The van der Waals surface area contributed by atoms with Gasteiger partial charge in [0.25, 0.3) is 0 Å². The predicted octanol–water partition coefficient (Wildman–Crippen LogP) is 1.59. The molecular weight excluding hydrogens is 247 g/mol. The zero-order valence-corrected chi connectivity index (χ0v) is 11.0. The van der Waals surface area contributed by atoms with Gasteiger partial charge in [-0.25, -0.2) is 4.39 Å². The molecule has 2 amide bonds. The second kappa shape index (κ2) is 5.48. The van der Waals surface area contributed by atoms with Gasteiger partial charge in [0.2, 0.25) is 11.8 Å². The Morgan fingerprint density at radius 1 is 1.42 bits per heavy atom. The standard InChI is InChI=1S/C14H17FN2O2/c1-8-3-4-10(7-11(8)15)9(2)16-12-5-6-13(18)17-14(12)19/h3-4,7,9,12,16H,5-6H2,1-2H3,(H,17,18,19). The summed E-state index contributed by atoms with van der Waals surface area (Å²) < 4.78 is 13.5. The fraction of sp³-hybridized carbons (Fsp3) is 0.429. The zero-order valence-electron chi connectivity index (χ0n) is 11.0. The molecule has 4 nitrogen and oxygen atoms in total. The van der Waals surface area contributed by atoms with Crippen LogP contribution in [0.4, 0.5) is 4.39 Å². The van der Waals surface area contributed by atoms with Crippen molar-refractivity contribution < 1.29 is 14.0 Å². The second-order valence-electron chi connectivity index (χ2n) is 4.90. The van der Waals surface area contributed by atoms with Crippen molar-refractivity contribution in [3.05, 3.63) is 35.1 Å². The number of imide groups is 1. The summed E-state index contributed by atoms with van der Waals surface area (Å²) in [6, 6.07) is 4.46. The van der Waals surface area contributed by atoms with Gasteiger partial charge in [0.15, 0.2) is 0 Å². The largest absolute Gasteiger partial charge is 0.299 e. The Kier molecular flexibility index (Phi) is 3.95. The van der Waals surface area contributed by atoms with E-state index in [4.69, 9.17) is 0 Å². The number of halogens is 1. The van der Waals surface area contributed by atoms with Crippen LogP contribution in [0.15, 0.2) is 18.2 Å². The van der Waals surface area contributed by atoms with E-state index < -0.39 is 6.04 Å². The summed E-state index contributed by atoms with van der Waals surface area (Å²) >= 11 is 0. The Labute approximate surface area is 111 Å². The Morgan fingerprint density at radius 3 is 2.79 bits per heavy atom. The maximum atomic E-state index is 13.5. The fourth-order valence-corrected chi connectivity index (χ4v) is 2.13. The fourth-order valence-electron chi connectivity index (χ4n) is 2.13. The van der Waals surface area contributed by atoms with E-state index in [1.165, 1.54) is 6.07 Å². The highest BCUT2D eigenvalue weighted by Crippen LogP contribution is 2.18. The van der Waals surface area contributed by atoms with Crippen LogP contribution in [0.5, 0.6) is 0 Å². The van der Waals surface area contributed by atoms with E-state index in [0.717, 1.165) is 5.56 Å². The molecule has 5 heteroatoms. The third-order valence-electron chi connectivity index (χ3n) is 3.39. The minimum Gasteiger partial charge on any atom is -0.299 e. The number of aryl methyl sites for hydroxylation is 1. The van der Waals surface area contributed by atoms with Crippen molar-refractivity contribution in [1.29, 1.82) is 0 Å². The van der Waals surface area contributed by atoms with Gasteiger partial charge in [-0.15, -0.1) is 0 Å². The van der Waals surface area contributed by atoms with Gasteiger partial charge >= 0.3 is 0 Å². The molecule has 1 aromatic carbocycles. The average molecular weight is 264 g/mol. The highest BCUT2D eigenvalue weighted by atomic mass is 19.1. The molecule has 1 saturated heterocycles. The average Bonchev–Trinajstić information content (AvgIpc) is 2.36. The van der Waals surface area contributed by atoms with Gasteiger partial charge in [-0.05, 0) is 37.5 Å². The molecule has 102 valence electrons. The molecule has 2 N–H and O–H groups in total. The number of carbonyl (C=O) groups is 2. The summed E-state index contributed by atoms with van der Waals surface area (Å²) in [4.78, 5) is 22.7. The highest BCUT2D eigenvalue weighted by Gasteiger charge is 2.27. The van der Waals surface area contributed by atoms with Gasteiger partial charge in [0.05, 0.1) is 6.04 Å². The first-order chi connectivity index (χ1) is 8.97. The minimum atomic E-state index is -0.405. The van der Waals surface area contributed by atoms with Crippen LogP contribution in [0.1, 0.15) is 36.9 Å².